The summed E-state index contributed by atoms with van der Waals surface area (Å²) in [6, 6.07) is 12.0. The standard InChI is InChI=1S/C31H41NO2.C25H38O2.C24H37NO.C24H40O.C23H36O/c1-19(2)32(6)23-10-7-21(8-11-23)27-18-31(5)28(15-16-30(31,4)20(3)33)26-13-9-22-17-24(34)12-14-25(22)29(26)27;1-16(2)27-15-23(26)22-9-8-20-19-7-6-18-14-17(3)10-12-24(18,4)21(19)11-13-25(20,22)5;1-15(2)26-22-8-7-19-18-6-5-17-13-21-16(10-12-25-21)14-24(17,4)20(18)9-11-23(19,22)3;1-15(2)25-22-10-9-20-19-8-7-18-13-16(3)17(4)14-24(18,6)21(19)11-12-23(20,22)5;1-15(2)24-21-9-8-19-18-7-6-17-14-16(3)10-12-22(17,4)20(18)11-13-23(19,21)5/h7-8,10-11,17,19,26-28H,9,12-16,18H2,1-6H3;14,16,19-22H,3,6-13,15H2,1-2,4-5H3;10,12,15,17-20,22,25H,5-9,11,13-14H2,1-4H3;15,17-22H,3,7-14H2,1-2,4-6H3;10,12,15,17-21H,3,6-9,11,13-14H2,1-2,4-5H3/t26?,27-,28+,30-,31+;19-,20-,21?,22+,24-,25-;17-,18-,19-,20-,22-,23-,24-;17-,18+,19+,20+,21+,22+,23+,24+;17-,18-,19-,20-,21-,22-,23-/m10010/s1. The van der Waals surface area contributed by atoms with Gasteiger partial charge in [-0.15, -0.1) is 0 Å². The topological polar surface area (TPSA) is 107 Å². The van der Waals surface area contributed by atoms with Gasteiger partial charge in [0.05, 0.1) is 42.7 Å². The summed E-state index contributed by atoms with van der Waals surface area (Å²) in [5.74, 6) is 16.7. The molecule has 1 N–H and O–H groups in total. The zero-order valence-electron chi connectivity index (χ0n) is 90.4. The molecule has 0 spiro atoms. The SMILES string of the molecule is C=C1C=C2CC[C@@H]3C(CC[C@]4(C)[C@@H](C(=O)COC(C)C)CC[C@@H]34)[C@@]2(C)CC1.C=C1C=C[C@@]2(C)[C@@H](CC[C@@H]3[C@@H]2CC[C@]2(C)[C@@H](OC(C)C)CC[C@@H]32)C1.C=C1C[C@@H]2CC[C@@H]3[C@H](CC[C@]4(C)[C@@H](OC(C)C)CC[C@@H]34)[C@@]2(C)C[C@H]1C.CC(=O)[C@@]1(C)CC[C@H]2C3CCC4=CC(=O)CCC4=C3[C@@H](c3ccc(N(C)C(C)C)cc3)C[C@@]21C.CC(C)O[C@H]1CC[C@H]2[C@@H]3CC[C@H]4Cc5[nH]ccc5C[C@]4(C)[C@H]3CC[C@]12C. The van der Waals surface area contributed by atoms with Crippen molar-refractivity contribution in [1.29, 1.82) is 0 Å². The number of aromatic amines is 1. The van der Waals surface area contributed by atoms with E-state index in [9.17, 15) is 14.4 Å². The number of ketones is 3. The Morgan fingerprint density at radius 3 is 1.60 bits per heavy atom. The van der Waals surface area contributed by atoms with Crippen molar-refractivity contribution in [2.24, 2.45) is 167 Å². The minimum absolute atomic E-state index is 0.0112. The summed E-state index contributed by atoms with van der Waals surface area (Å²) >= 11 is 0. The summed E-state index contributed by atoms with van der Waals surface area (Å²) in [6.07, 6.45) is 62.7. The highest BCUT2D eigenvalue weighted by Crippen LogP contribution is 2.75. The first-order chi connectivity index (χ1) is 64.3. The molecule has 9 nitrogen and oxygen atoms in total. The van der Waals surface area contributed by atoms with E-state index in [0.717, 1.165) is 140 Å². The van der Waals surface area contributed by atoms with Gasteiger partial charge in [0.2, 0.25) is 0 Å². The molecule has 1 aromatic carbocycles. The predicted molar refractivity (Wildman–Crippen MR) is 562 cm³/mol. The van der Waals surface area contributed by atoms with E-state index in [-0.39, 0.29) is 28.3 Å². The fourth-order valence-corrected chi connectivity index (χ4v) is 38.9. The van der Waals surface area contributed by atoms with Gasteiger partial charge >= 0.3 is 0 Å². The number of ether oxygens (including phenoxy) is 4. The van der Waals surface area contributed by atoms with Gasteiger partial charge in [0.25, 0.3) is 0 Å². The van der Waals surface area contributed by atoms with E-state index < -0.39 is 0 Å². The highest BCUT2D eigenvalue weighted by atomic mass is 16.5. The summed E-state index contributed by atoms with van der Waals surface area (Å²) in [5, 5.41) is 0. The number of H-pyrrole nitrogens is 1. The molecule has 0 saturated heterocycles. The number of Topliss-reactive ketones (excluding diaryl/α,β-unsaturated/α-hetero) is 2. The lowest BCUT2D eigenvalue weighted by Gasteiger charge is -2.61. The van der Waals surface area contributed by atoms with Crippen molar-refractivity contribution in [3.63, 3.8) is 0 Å². The summed E-state index contributed by atoms with van der Waals surface area (Å²) in [5.41, 5.74) is 19.3. The summed E-state index contributed by atoms with van der Waals surface area (Å²) in [7, 11) is 2.15. The van der Waals surface area contributed by atoms with E-state index in [0.29, 0.717) is 129 Å². The largest absolute Gasteiger partial charge is 0.375 e. The van der Waals surface area contributed by atoms with Crippen LogP contribution in [0, 0.1) is 167 Å². The number of carbonyl (C=O) groups is 3. The lowest BCUT2D eigenvalue weighted by Crippen LogP contribution is -2.55. The molecule has 0 bridgehead atoms. The number of hydrogen-bond donors (Lipinski definition) is 1. The third-order valence-electron chi connectivity index (χ3n) is 46.9. The van der Waals surface area contributed by atoms with Crippen LogP contribution in [0.15, 0.2) is 120 Å². The van der Waals surface area contributed by atoms with Crippen molar-refractivity contribution in [2.75, 3.05) is 18.6 Å². The van der Waals surface area contributed by atoms with Crippen molar-refractivity contribution < 1.29 is 33.3 Å². The first kappa shape index (κ1) is 101. The molecular formula is C127H192N2O7. The van der Waals surface area contributed by atoms with Gasteiger partial charge in [-0.2, -0.15) is 0 Å². The molecule has 9 heteroatoms. The van der Waals surface area contributed by atoms with Crippen molar-refractivity contribution in [3.8, 4) is 0 Å². The number of fused-ring (bicyclic) bond motifs is 25. The van der Waals surface area contributed by atoms with Gasteiger partial charge in [0.1, 0.15) is 12.4 Å². The second-order valence-electron chi connectivity index (χ2n) is 54.6. The third-order valence-corrected chi connectivity index (χ3v) is 46.9. The number of aromatic nitrogens is 1. The molecule has 0 amide bonds. The van der Waals surface area contributed by atoms with Gasteiger partial charge in [-0.3, -0.25) is 14.4 Å². The molecule has 752 valence electrons. The molecule has 2 unspecified atom stereocenters. The van der Waals surface area contributed by atoms with Gasteiger partial charge < -0.3 is 28.8 Å². The fraction of sp³-hybridized carbons (Fsp3) is 0.787. The molecule has 15 saturated carbocycles. The van der Waals surface area contributed by atoms with Crippen LogP contribution < -0.4 is 4.90 Å². The average molecular weight is 1860 g/mol. The van der Waals surface area contributed by atoms with E-state index in [1.165, 1.54) is 237 Å². The van der Waals surface area contributed by atoms with Gasteiger partial charge in [-0.1, -0.05) is 154 Å². The monoisotopic (exact) mass is 1860 g/mol. The smallest absolute Gasteiger partial charge is 0.162 e. The second kappa shape index (κ2) is 38.4. The van der Waals surface area contributed by atoms with E-state index in [1.54, 1.807) is 16.7 Å². The van der Waals surface area contributed by atoms with Crippen LogP contribution in [0.4, 0.5) is 5.69 Å². The van der Waals surface area contributed by atoms with Crippen LogP contribution >= 0.6 is 0 Å². The van der Waals surface area contributed by atoms with Crippen molar-refractivity contribution in [1.82, 2.24) is 4.98 Å². The van der Waals surface area contributed by atoms with Gasteiger partial charge in [-0.25, -0.2) is 0 Å². The van der Waals surface area contributed by atoms with E-state index >= 15 is 0 Å². The number of benzene rings is 1. The summed E-state index contributed by atoms with van der Waals surface area (Å²) < 4.78 is 24.9. The Hall–Kier alpha value is -4.67. The first-order valence-corrected chi connectivity index (χ1v) is 57.3. The minimum Gasteiger partial charge on any atom is -0.375 e. The summed E-state index contributed by atoms with van der Waals surface area (Å²) in [4.78, 5) is 44.0. The van der Waals surface area contributed by atoms with Crippen LogP contribution in [0.5, 0.6) is 0 Å². The number of nitrogens with one attached hydrogen (secondary N) is 1. The van der Waals surface area contributed by atoms with Gasteiger partial charge in [0.15, 0.2) is 11.6 Å². The van der Waals surface area contributed by atoms with Crippen LogP contribution in [-0.2, 0) is 46.2 Å². The molecule has 15 fully saturated rings. The molecule has 0 aliphatic heterocycles. The Kier molecular flexibility index (Phi) is 28.6. The van der Waals surface area contributed by atoms with E-state index in [2.05, 4.69) is 223 Å². The normalized spacial score (nSPS) is 45.0. The maximum Gasteiger partial charge on any atom is 0.162 e. The Labute approximate surface area is 828 Å². The quantitative estimate of drug-likeness (QED) is 0.186. The van der Waals surface area contributed by atoms with Crippen LogP contribution in [0.2, 0.25) is 0 Å². The molecule has 2 aromatic rings. The Balaban J connectivity index is 0.000000114. The highest BCUT2D eigenvalue weighted by Gasteiger charge is 2.68. The van der Waals surface area contributed by atoms with Crippen molar-refractivity contribution >= 4 is 23.0 Å². The number of carbonyl (C=O) groups excluding carboxylic acids is 3. The number of nitrogens with zero attached hydrogens (tertiary/aromatic N) is 1. The molecular weight excluding hydrogens is 1670 g/mol. The maximum absolute atomic E-state index is 13.0. The fourth-order valence-electron chi connectivity index (χ4n) is 38.9. The lowest BCUT2D eigenvalue weighted by atomic mass is 9.44. The van der Waals surface area contributed by atoms with Gasteiger partial charge in [0, 0.05) is 54.3 Å². The van der Waals surface area contributed by atoms with Gasteiger partial charge in [-0.05, 0) is 516 Å². The molecule has 33 atom stereocenters. The lowest BCUT2D eigenvalue weighted by molar-refractivity contribution is -0.137. The second-order valence-corrected chi connectivity index (χ2v) is 54.6. The number of rotatable bonds is 14. The first-order valence-electron chi connectivity index (χ1n) is 57.3. The molecule has 20 aliphatic carbocycles. The Bertz CT molecular complexity index is 4860. The molecule has 22 rings (SSSR count). The van der Waals surface area contributed by atoms with E-state index in [4.69, 9.17) is 18.9 Å². The van der Waals surface area contributed by atoms with Crippen molar-refractivity contribution in [2.45, 2.75) is 451 Å². The van der Waals surface area contributed by atoms with Crippen LogP contribution in [0.1, 0.15) is 406 Å². The van der Waals surface area contributed by atoms with E-state index in [1.807, 2.05) is 26.8 Å². The average Bonchev–Trinajstić information content (AvgIpc) is 1.50. The predicted octanol–water partition coefficient (Wildman–Crippen LogP) is 31.7. The molecule has 1 heterocycles. The van der Waals surface area contributed by atoms with Crippen LogP contribution in [0.25, 0.3) is 0 Å². The maximum atomic E-state index is 13.0. The zero-order valence-corrected chi connectivity index (χ0v) is 90.4. The summed E-state index contributed by atoms with van der Waals surface area (Å²) in [6.45, 7) is 64.4. The zero-order chi connectivity index (χ0) is 97.0. The Morgan fingerprint density at radius 2 is 1.01 bits per heavy atom. The third kappa shape index (κ3) is 17.6. The number of anilines is 1. The minimum atomic E-state index is -0.247. The number of allylic oxidation sites excluding steroid dienone is 11. The van der Waals surface area contributed by atoms with Crippen LogP contribution in [-0.4, -0.2) is 84.8 Å². The number of hydrogen-bond acceptors (Lipinski definition) is 8. The Morgan fingerprint density at radius 1 is 0.485 bits per heavy atom. The van der Waals surface area contributed by atoms with Crippen molar-refractivity contribution in [3.05, 3.63) is 136 Å². The molecule has 20 aliphatic rings. The van der Waals surface area contributed by atoms with Crippen LogP contribution in [0.3, 0.4) is 0 Å². The highest BCUT2D eigenvalue weighted by molar-refractivity contribution is 5.93. The molecule has 136 heavy (non-hydrogen) atoms. The molecule has 0 radical (unpaired) electrons. The molecule has 1 aromatic heterocycles.